The molecule has 2 aromatic rings. The highest BCUT2D eigenvalue weighted by Gasteiger charge is 2.14. The molecule has 6 nitrogen and oxygen atoms in total. The van der Waals surface area contributed by atoms with Gasteiger partial charge in [0, 0.05) is 17.2 Å². The van der Waals surface area contributed by atoms with E-state index in [1.54, 1.807) is 6.92 Å². The number of carbonyl (C=O) groups excluding carboxylic acids is 1. The second-order valence-corrected chi connectivity index (χ2v) is 5.43. The molecule has 2 heterocycles. The lowest BCUT2D eigenvalue weighted by molar-refractivity contribution is -0.114. The van der Waals surface area contributed by atoms with Crippen molar-refractivity contribution in [2.75, 3.05) is 10.6 Å². The molecule has 0 fully saturated rings. The summed E-state index contributed by atoms with van der Waals surface area (Å²) in [5.41, 5.74) is 0. The third-order valence-corrected chi connectivity index (χ3v) is 3.70. The molecule has 2 N–H and O–H groups in total. The third-order valence-electron chi connectivity index (χ3n) is 2.68. The summed E-state index contributed by atoms with van der Waals surface area (Å²) in [6.45, 7) is 5.08. The Hall–Kier alpha value is -2.09. The van der Waals surface area contributed by atoms with Crippen LogP contribution in [0, 0.1) is 12.7 Å². The largest absolute Gasteiger partial charge is 0.346 e. The predicted octanol–water partition coefficient (Wildman–Crippen LogP) is 2.90. The Bertz CT molecular complexity index is 645. The highest BCUT2D eigenvalue weighted by molar-refractivity contribution is 7.10. The number of carbonyl (C=O) groups is 1. The van der Waals surface area contributed by atoms with Crippen LogP contribution in [0.2, 0.25) is 0 Å². The van der Waals surface area contributed by atoms with Gasteiger partial charge in [-0.15, -0.1) is 11.3 Å². The summed E-state index contributed by atoms with van der Waals surface area (Å²) < 4.78 is 13.1. The molecule has 0 bridgehead atoms. The molecule has 2 aromatic heterocycles. The predicted molar refractivity (Wildman–Crippen MR) is 79.8 cm³/mol. The minimum atomic E-state index is -0.251. The van der Waals surface area contributed by atoms with Crippen LogP contribution < -0.4 is 10.6 Å². The number of amides is 1. The first-order valence-corrected chi connectivity index (χ1v) is 7.36. The molecule has 1 amide bonds. The Labute approximate surface area is 125 Å². The second-order valence-electron chi connectivity index (χ2n) is 4.48. The summed E-state index contributed by atoms with van der Waals surface area (Å²) >= 11 is 1.34. The first kappa shape index (κ1) is 15.3. The average Bonchev–Trinajstić information content (AvgIpc) is 2.81. The van der Waals surface area contributed by atoms with Gasteiger partial charge in [0.2, 0.25) is 17.8 Å². The number of rotatable bonds is 5. The van der Waals surface area contributed by atoms with Crippen LogP contribution in [0.15, 0.2) is 11.4 Å². The average molecular weight is 309 g/mol. The van der Waals surface area contributed by atoms with E-state index in [2.05, 4.69) is 25.6 Å². The highest BCUT2D eigenvalue weighted by atomic mass is 32.1. The van der Waals surface area contributed by atoms with Crippen LogP contribution in [-0.2, 0) is 4.79 Å². The number of aryl methyl sites for hydroxylation is 1. The number of halogens is 1. The summed E-state index contributed by atoms with van der Waals surface area (Å²) in [4.78, 5) is 24.3. The number of anilines is 2. The molecule has 0 saturated heterocycles. The molecule has 0 aromatic carbocycles. The van der Waals surface area contributed by atoms with Crippen LogP contribution in [0.4, 0.5) is 16.3 Å². The van der Waals surface area contributed by atoms with E-state index >= 15 is 0 Å². The van der Waals surface area contributed by atoms with E-state index in [9.17, 15) is 9.18 Å². The Morgan fingerprint density at radius 3 is 2.67 bits per heavy atom. The lowest BCUT2D eigenvalue weighted by atomic mass is 10.2. The number of aromatic nitrogens is 3. The van der Waals surface area contributed by atoms with Crippen molar-refractivity contribution in [3.63, 3.8) is 0 Å². The van der Waals surface area contributed by atoms with Crippen molar-refractivity contribution >= 4 is 29.1 Å². The molecule has 1 unspecified atom stereocenters. The molecule has 0 radical (unpaired) electrons. The van der Waals surface area contributed by atoms with Gasteiger partial charge in [0.15, 0.2) is 0 Å². The fourth-order valence-electron chi connectivity index (χ4n) is 1.80. The van der Waals surface area contributed by atoms with Gasteiger partial charge in [-0.3, -0.25) is 10.1 Å². The Morgan fingerprint density at radius 1 is 1.38 bits per heavy atom. The molecular formula is C13H16FN5OS. The molecule has 0 aliphatic rings. The van der Waals surface area contributed by atoms with Crippen LogP contribution in [0.5, 0.6) is 0 Å². The fraction of sp³-hybridized carbons (Fsp3) is 0.385. The maximum atomic E-state index is 13.1. The topological polar surface area (TPSA) is 79.8 Å². The summed E-state index contributed by atoms with van der Waals surface area (Å²) in [5.74, 6) is 0.542. The van der Waals surface area contributed by atoms with Crippen molar-refractivity contribution in [1.82, 2.24) is 15.0 Å². The molecule has 0 saturated carbocycles. The molecule has 0 aliphatic heterocycles. The van der Waals surface area contributed by atoms with Crippen molar-refractivity contribution in [3.05, 3.63) is 28.0 Å². The van der Waals surface area contributed by atoms with Gasteiger partial charge in [-0.05, 0) is 19.4 Å². The van der Waals surface area contributed by atoms with Crippen LogP contribution >= 0.6 is 11.3 Å². The van der Waals surface area contributed by atoms with Gasteiger partial charge < -0.3 is 5.32 Å². The number of hydrogen-bond acceptors (Lipinski definition) is 6. The maximum Gasteiger partial charge on any atom is 0.234 e. The Morgan fingerprint density at radius 2 is 2.10 bits per heavy atom. The van der Waals surface area contributed by atoms with E-state index < -0.39 is 0 Å². The van der Waals surface area contributed by atoms with Crippen molar-refractivity contribution in [3.8, 4) is 0 Å². The van der Waals surface area contributed by atoms with E-state index in [-0.39, 0.29) is 23.7 Å². The summed E-state index contributed by atoms with van der Waals surface area (Å²) in [5, 5.41) is 7.12. The third kappa shape index (κ3) is 4.19. The van der Waals surface area contributed by atoms with Gasteiger partial charge in [-0.1, -0.05) is 6.92 Å². The first-order chi connectivity index (χ1) is 9.97. The molecule has 112 valence electrons. The smallest absolute Gasteiger partial charge is 0.234 e. The zero-order valence-electron chi connectivity index (χ0n) is 12.0. The number of thiophene rings is 1. The molecular weight excluding hydrogens is 293 g/mol. The first-order valence-electron chi connectivity index (χ1n) is 6.48. The van der Waals surface area contributed by atoms with Gasteiger partial charge in [0.1, 0.15) is 11.6 Å². The molecule has 0 spiro atoms. The lowest BCUT2D eigenvalue weighted by Gasteiger charge is -2.15. The van der Waals surface area contributed by atoms with Gasteiger partial charge in [-0.2, -0.15) is 15.0 Å². The lowest BCUT2D eigenvalue weighted by Crippen LogP contribution is -2.15. The van der Waals surface area contributed by atoms with E-state index in [0.29, 0.717) is 11.8 Å². The highest BCUT2D eigenvalue weighted by Crippen LogP contribution is 2.26. The number of hydrogen-bond donors (Lipinski definition) is 2. The summed E-state index contributed by atoms with van der Waals surface area (Å²) in [6, 6.07) is 1.40. The molecule has 8 heteroatoms. The quantitative estimate of drug-likeness (QED) is 0.887. The van der Waals surface area contributed by atoms with Gasteiger partial charge in [0.25, 0.3) is 0 Å². The molecule has 21 heavy (non-hydrogen) atoms. The van der Waals surface area contributed by atoms with Crippen molar-refractivity contribution in [1.29, 1.82) is 0 Å². The van der Waals surface area contributed by atoms with E-state index in [1.807, 2.05) is 6.92 Å². The van der Waals surface area contributed by atoms with E-state index in [0.717, 1.165) is 11.3 Å². The minimum Gasteiger partial charge on any atom is -0.346 e. The zero-order valence-corrected chi connectivity index (χ0v) is 12.8. The summed E-state index contributed by atoms with van der Waals surface area (Å²) in [6.07, 6.45) is 0.750. The molecule has 0 aliphatic carbocycles. The standard InChI is InChI=1S/C13H16FN5OS/c1-4-10(11-5-9(14)6-21-11)18-13-16-7(2)15-12(19-13)17-8(3)20/h5-6,10H,4H2,1-3H3,(H2,15,16,17,18,19,20). The molecule has 2 rings (SSSR count). The zero-order chi connectivity index (χ0) is 15.4. The van der Waals surface area contributed by atoms with Gasteiger partial charge >= 0.3 is 0 Å². The Kier molecular flexibility index (Phi) is 4.79. The second kappa shape index (κ2) is 6.57. The monoisotopic (exact) mass is 309 g/mol. The van der Waals surface area contributed by atoms with Crippen LogP contribution in [0.1, 0.15) is 37.0 Å². The minimum absolute atomic E-state index is 0.0912. The normalized spacial score (nSPS) is 12.0. The SMILES string of the molecule is CCC(Nc1nc(C)nc(NC(C)=O)n1)c1cc(F)cs1. The number of nitrogens with zero attached hydrogens (tertiary/aromatic N) is 3. The van der Waals surface area contributed by atoms with Crippen LogP contribution in [-0.4, -0.2) is 20.9 Å². The Balaban J connectivity index is 2.20. The fourth-order valence-corrected chi connectivity index (χ4v) is 2.69. The van der Waals surface area contributed by atoms with Crippen LogP contribution in [0.25, 0.3) is 0 Å². The molecule has 1 atom stereocenters. The number of nitrogens with one attached hydrogen (secondary N) is 2. The van der Waals surface area contributed by atoms with Crippen LogP contribution in [0.3, 0.4) is 0 Å². The van der Waals surface area contributed by atoms with E-state index in [1.165, 1.54) is 29.7 Å². The van der Waals surface area contributed by atoms with Gasteiger partial charge in [0.05, 0.1) is 6.04 Å². The van der Waals surface area contributed by atoms with Gasteiger partial charge in [-0.25, -0.2) is 4.39 Å². The van der Waals surface area contributed by atoms with Crippen molar-refractivity contribution in [2.24, 2.45) is 0 Å². The summed E-state index contributed by atoms with van der Waals surface area (Å²) in [7, 11) is 0. The van der Waals surface area contributed by atoms with Crippen molar-refractivity contribution < 1.29 is 9.18 Å². The maximum absolute atomic E-state index is 13.1. The van der Waals surface area contributed by atoms with E-state index in [4.69, 9.17) is 0 Å². The van der Waals surface area contributed by atoms with Crippen molar-refractivity contribution in [2.45, 2.75) is 33.2 Å².